The first-order valence-corrected chi connectivity index (χ1v) is 9.92. The smallest absolute Gasteiger partial charge is 0.227 e. The SMILES string of the molecule is COc1cc(N2CC(C(=O)NC(C)c3cccc(Cl)c3)CC2=O)cc(OC)c1OC. The quantitative estimate of drug-likeness (QED) is 0.723. The summed E-state index contributed by atoms with van der Waals surface area (Å²) in [5.41, 5.74) is 1.49. The van der Waals surface area contributed by atoms with Gasteiger partial charge in [-0.25, -0.2) is 0 Å². The van der Waals surface area contributed by atoms with Gasteiger partial charge in [0.05, 0.1) is 39.0 Å². The van der Waals surface area contributed by atoms with E-state index in [1.807, 2.05) is 25.1 Å². The second-order valence-corrected chi connectivity index (χ2v) is 7.51. The minimum absolute atomic E-state index is 0.130. The molecule has 0 aliphatic carbocycles. The Morgan fingerprint density at radius 3 is 2.37 bits per heavy atom. The molecule has 160 valence electrons. The number of carbonyl (C=O) groups excluding carboxylic acids is 2. The largest absolute Gasteiger partial charge is 0.493 e. The molecule has 1 aliphatic rings. The number of nitrogens with one attached hydrogen (secondary N) is 1. The number of nitrogens with zero attached hydrogens (tertiary/aromatic N) is 1. The molecule has 0 radical (unpaired) electrons. The fraction of sp³-hybridized carbons (Fsp3) is 0.364. The second kappa shape index (κ2) is 9.26. The van der Waals surface area contributed by atoms with Gasteiger partial charge < -0.3 is 24.4 Å². The highest BCUT2D eigenvalue weighted by Gasteiger charge is 2.36. The van der Waals surface area contributed by atoms with Gasteiger partial charge in [-0.3, -0.25) is 9.59 Å². The Labute approximate surface area is 180 Å². The summed E-state index contributed by atoms with van der Waals surface area (Å²) in [6.07, 6.45) is 0.130. The zero-order valence-electron chi connectivity index (χ0n) is 17.4. The van der Waals surface area contributed by atoms with Crippen LogP contribution >= 0.6 is 11.6 Å². The molecule has 30 heavy (non-hydrogen) atoms. The number of anilines is 1. The minimum Gasteiger partial charge on any atom is -0.493 e. The molecule has 2 atom stereocenters. The number of carbonyl (C=O) groups is 2. The molecular formula is C22H25ClN2O5. The Kier molecular flexibility index (Phi) is 6.72. The van der Waals surface area contributed by atoms with Gasteiger partial charge in [-0.1, -0.05) is 23.7 Å². The van der Waals surface area contributed by atoms with Gasteiger partial charge in [0, 0.05) is 30.1 Å². The molecule has 2 unspecified atom stereocenters. The van der Waals surface area contributed by atoms with E-state index in [4.69, 9.17) is 25.8 Å². The summed E-state index contributed by atoms with van der Waals surface area (Å²) >= 11 is 6.04. The van der Waals surface area contributed by atoms with E-state index in [1.165, 1.54) is 21.3 Å². The maximum absolute atomic E-state index is 12.8. The van der Waals surface area contributed by atoms with Crippen LogP contribution in [-0.4, -0.2) is 39.7 Å². The van der Waals surface area contributed by atoms with E-state index >= 15 is 0 Å². The fourth-order valence-electron chi connectivity index (χ4n) is 3.55. The van der Waals surface area contributed by atoms with Gasteiger partial charge in [-0.2, -0.15) is 0 Å². The summed E-state index contributed by atoms with van der Waals surface area (Å²) in [6, 6.07) is 10.5. The number of hydrogen-bond donors (Lipinski definition) is 1. The molecule has 1 saturated heterocycles. The average Bonchev–Trinajstić information content (AvgIpc) is 3.14. The highest BCUT2D eigenvalue weighted by Crippen LogP contribution is 2.42. The molecule has 0 saturated carbocycles. The average molecular weight is 433 g/mol. The van der Waals surface area contributed by atoms with E-state index in [-0.39, 0.29) is 30.8 Å². The molecule has 1 fully saturated rings. The Morgan fingerprint density at radius 2 is 1.80 bits per heavy atom. The van der Waals surface area contributed by atoms with Crippen LogP contribution in [0, 0.1) is 5.92 Å². The third-order valence-electron chi connectivity index (χ3n) is 5.16. The molecule has 2 aromatic carbocycles. The monoisotopic (exact) mass is 432 g/mol. The zero-order chi connectivity index (χ0) is 21.8. The predicted molar refractivity (Wildman–Crippen MR) is 115 cm³/mol. The van der Waals surface area contributed by atoms with Crippen LogP contribution in [0.2, 0.25) is 5.02 Å². The lowest BCUT2D eigenvalue weighted by molar-refractivity contribution is -0.126. The maximum atomic E-state index is 12.8. The van der Waals surface area contributed by atoms with Crippen LogP contribution in [0.3, 0.4) is 0 Å². The highest BCUT2D eigenvalue weighted by molar-refractivity contribution is 6.30. The summed E-state index contributed by atoms with van der Waals surface area (Å²) < 4.78 is 16.1. The summed E-state index contributed by atoms with van der Waals surface area (Å²) in [6.45, 7) is 2.16. The predicted octanol–water partition coefficient (Wildman–Crippen LogP) is 3.60. The molecule has 0 aromatic heterocycles. The molecule has 0 bridgehead atoms. The van der Waals surface area contributed by atoms with Crippen molar-refractivity contribution < 1.29 is 23.8 Å². The van der Waals surface area contributed by atoms with E-state index in [1.54, 1.807) is 23.1 Å². The fourth-order valence-corrected chi connectivity index (χ4v) is 3.75. The van der Waals surface area contributed by atoms with E-state index < -0.39 is 5.92 Å². The molecule has 1 N–H and O–H groups in total. The summed E-state index contributed by atoms with van der Waals surface area (Å²) in [5, 5.41) is 3.58. The molecule has 3 rings (SSSR count). The van der Waals surface area contributed by atoms with Crippen molar-refractivity contribution in [3.05, 3.63) is 47.0 Å². The number of amides is 2. The number of benzene rings is 2. The van der Waals surface area contributed by atoms with Crippen molar-refractivity contribution in [2.24, 2.45) is 5.92 Å². The van der Waals surface area contributed by atoms with Gasteiger partial charge in [0.25, 0.3) is 0 Å². The van der Waals surface area contributed by atoms with Gasteiger partial charge in [0.1, 0.15) is 0 Å². The van der Waals surface area contributed by atoms with Crippen molar-refractivity contribution in [1.82, 2.24) is 5.32 Å². The van der Waals surface area contributed by atoms with Crippen molar-refractivity contribution in [3.8, 4) is 17.2 Å². The topological polar surface area (TPSA) is 77.1 Å². The normalized spacial score (nSPS) is 16.9. The number of ether oxygens (including phenoxy) is 3. The van der Waals surface area contributed by atoms with Crippen LogP contribution in [0.5, 0.6) is 17.2 Å². The van der Waals surface area contributed by atoms with Crippen molar-refractivity contribution in [2.45, 2.75) is 19.4 Å². The molecule has 2 amide bonds. The minimum atomic E-state index is -0.460. The molecule has 7 nitrogen and oxygen atoms in total. The molecule has 1 heterocycles. The van der Waals surface area contributed by atoms with Gasteiger partial charge >= 0.3 is 0 Å². The van der Waals surface area contributed by atoms with Crippen LogP contribution in [-0.2, 0) is 9.59 Å². The number of halogens is 1. The maximum Gasteiger partial charge on any atom is 0.227 e. The third-order valence-corrected chi connectivity index (χ3v) is 5.40. The summed E-state index contributed by atoms with van der Waals surface area (Å²) in [7, 11) is 4.54. The van der Waals surface area contributed by atoms with Gasteiger partial charge in [-0.15, -0.1) is 0 Å². The van der Waals surface area contributed by atoms with Gasteiger partial charge in [0.15, 0.2) is 11.5 Å². The van der Waals surface area contributed by atoms with Crippen molar-refractivity contribution >= 4 is 29.1 Å². The Hall–Kier alpha value is -2.93. The van der Waals surface area contributed by atoms with Crippen molar-refractivity contribution in [1.29, 1.82) is 0 Å². The number of hydrogen-bond acceptors (Lipinski definition) is 5. The van der Waals surface area contributed by atoms with Crippen LogP contribution < -0.4 is 24.4 Å². The van der Waals surface area contributed by atoms with Crippen LogP contribution in [0.1, 0.15) is 24.9 Å². The molecule has 8 heteroatoms. The van der Waals surface area contributed by atoms with E-state index in [2.05, 4.69) is 5.32 Å². The van der Waals surface area contributed by atoms with Gasteiger partial charge in [-0.05, 0) is 24.6 Å². The molecule has 2 aromatic rings. The molecular weight excluding hydrogens is 408 g/mol. The van der Waals surface area contributed by atoms with Crippen LogP contribution in [0.15, 0.2) is 36.4 Å². The van der Waals surface area contributed by atoms with E-state index in [9.17, 15) is 9.59 Å². The zero-order valence-corrected chi connectivity index (χ0v) is 18.2. The van der Waals surface area contributed by atoms with Crippen molar-refractivity contribution in [2.75, 3.05) is 32.8 Å². The summed E-state index contributed by atoms with van der Waals surface area (Å²) in [5.74, 6) is 0.563. The van der Waals surface area contributed by atoms with Crippen LogP contribution in [0.25, 0.3) is 0 Å². The van der Waals surface area contributed by atoms with Crippen molar-refractivity contribution in [3.63, 3.8) is 0 Å². The Balaban J connectivity index is 1.75. The van der Waals surface area contributed by atoms with E-state index in [0.29, 0.717) is 28.0 Å². The first kappa shape index (κ1) is 21.8. The van der Waals surface area contributed by atoms with Gasteiger partial charge in [0.2, 0.25) is 17.6 Å². The second-order valence-electron chi connectivity index (χ2n) is 7.07. The molecule has 1 aliphatic heterocycles. The standard InChI is InChI=1S/C22H25ClN2O5/c1-13(14-6-5-7-16(23)8-14)24-22(27)15-9-20(26)25(12-15)17-10-18(28-2)21(30-4)19(11-17)29-3/h5-8,10-11,13,15H,9,12H2,1-4H3,(H,24,27). The Bertz CT molecular complexity index is 924. The lowest BCUT2D eigenvalue weighted by atomic mass is 10.1. The highest BCUT2D eigenvalue weighted by atomic mass is 35.5. The lowest BCUT2D eigenvalue weighted by Crippen LogP contribution is -2.34. The first-order valence-electron chi connectivity index (χ1n) is 9.54. The number of rotatable bonds is 7. The van der Waals surface area contributed by atoms with Crippen LogP contribution in [0.4, 0.5) is 5.69 Å². The number of methoxy groups -OCH3 is 3. The first-order chi connectivity index (χ1) is 14.4. The lowest BCUT2D eigenvalue weighted by Gasteiger charge is -2.21. The Morgan fingerprint density at radius 1 is 1.13 bits per heavy atom. The van der Waals surface area contributed by atoms with E-state index in [0.717, 1.165) is 5.56 Å². The molecule has 0 spiro atoms. The third kappa shape index (κ3) is 4.46. The summed E-state index contributed by atoms with van der Waals surface area (Å²) in [4.78, 5) is 27.0.